The van der Waals surface area contributed by atoms with E-state index in [0.29, 0.717) is 0 Å². The number of hydrogen-bond acceptors (Lipinski definition) is 2. The molecule has 0 heterocycles. The predicted octanol–water partition coefficient (Wildman–Crippen LogP) is 4.46. The van der Waals surface area contributed by atoms with Crippen molar-refractivity contribution in [3.8, 4) is 5.75 Å². The molecule has 0 radical (unpaired) electrons. The van der Waals surface area contributed by atoms with Gasteiger partial charge in [0.05, 0.1) is 7.11 Å². The first-order valence-electron chi connectivity index (χ1n) is 8.03. The molecular formula is C20H24O2. The molecule has 0 spiro atoms. The van der Waals surface area contributed by atoms with Gasteiger partial charge in [-0.1, -0.05) is 49.7 Å². The maximum Gasteiger partial charge on any atom is 0.118 e. The Morgan fingerprint density at radius 2 is 1.59 bits per heavy atom. The summed E-state index contributed by atoms with van der Waals surface area (Å²) in [6.45, 7) is 4.10. The summed E-state index contributed by atoms with van der Waals surface area (Å²) >= 11 is 0. The lowest BCUT2D eigenvalue weighted by atomic mass is 9.87. The zero-order valence-corrected chi connectivity index (χ0v) is 13.5. The molecule has 0 saturated heterocycles. The molecule has 3 rings (SSSR count). The minimum Gasteiger partial charge on any atom is -0.497 e. The van der Waals surface area contributed by atoms with E-state index in [-0.39, 0.29) is 0 Å². The van der Waals surface area contributed by atoms with Crippen molar-refractivity contribution in [3.05, 3.63) is 65.2 Å². The van der Waals surface area contributed by atoms with E-state index in [1.807, 2.05) is 31.2 Å². The van der Waals surface area contributed by atoms with E-state index in [1.54, 1.807) is 7.11 Å². The van der Waals surface area contributed by atoms with Crippen LogP contribution < -0.4 is 4.74 Å². The van der Waals surface area contributed by atoms with Crippen LogP contribution in [0.25, 0.3) is 0 Å². The van der Waals surface area contributed by atoms with Crippen molar-refractivity contribution in [2.45, 2.75) is 38.2 Å². The topological polar surface area (TPSA) is 29.5 Å². The Bertz CT molecular complexity index is 626. The second-order valence-electron chi connectivity index (χ2n) is 6.43. The van der Waals surface area contributed by atoms with Gasteiger partial charge in [0.1, 0.15) is 11.4 Å². The highest BCUT2D eigenvalue weighted by Crippen LogP contribution is 2.49. The number of hydrogen-bond donors (Lipinski definition) is 1. The standard InChI is InChI=1S/C20H24O2/c1-4-14-13-19(14)15-5-7-16(8-6-15)20(2,21)17-9-11-18(22-3)12-10-17/h5-12,14,19,21H,4,13H2,1-3H3. The second-order valence-corrected chi connectivity index (χ2v) is 6.43. The fourth-order valence-corrected chi connectivity index (χ4v) is 3.24. The van der Waals surface area contributed by atoms with Crippen LogP contribution >= 0.6 is 0 Å². The number of ether oxygens (including phenoxy) is 1. The molecule has 0 bridgehead atoms. The van der Waals surface area contributed by atoms with Crippen LogP contribution in [0.5, 0.6) is 5.75 Å². The zero-order valence-electron chi connectivity index (χ0n) is 13.5. The van der Waals surface area contributed by atoms with Gasteiger partial charge < -0.3 is 9.84 Å². The number of methoxy groups -OCH3 is 1. The highest BCUT2D eigenvalue weighted by Gasteiger charge is 2.36. The van der Waals surface area contributed by atoms with Crippen molar-refractivity contribution in [1.82, 2.24) is 0 Å². The third kappa shape index (κ3) is 2.76. The number of rotatable bonds is 5. The van der Waals surface area contributed by atoms with Crippen LogP contribution in [-0.4, -0.2) is 12.2 Å². The lowest BCUT2D eigenvalue weighted by Gasteiger charge is -2.25. The van der Waals surface area contributed by atoms with Gasteiger partial charge in [-0.3, -0.25) is 0 Å². The van der Waals surface area contributed by atoms with Gasteiger partial charge in [0.15, 0.2) is 0 Å². The lowest BCUT2D eigenvalue weighted by molar-refractivity contribution is 0.102. The lowest BCUT2D eigenvalue weighted by Crippen LogP contribution is -2.22. The van der Waals surface area contributed by atoms with E-state index < -0.39 is 5.60 Å². The Labute approximate surface area is 132 Å². The number of aliphatic hydroxyl groups is 1. The van der Waals surface area contributed by atoms with Crippen molar-refractivity contribution in [2.24, 2.45) is 5.92 Å². The molecule has 3 unspecified atom stereocenters. The Morgan fingerprint density at radius 1 is 1.05 bits per heavy atom. The summed E-state index contributed by atoms with van der Waals surface area (Å²) in [7, 11) is 1.65. The summed E-state index contributed by atoms with van der Waals surface area (Å²) in [5.41, 5.74) is 2.22. The van der Waals surface area contributed by atoms with Crippen molar-refractivity contribution in [2.75, 3.05) is 7.11 Å². The van der Waals surface area contributed by atoms with E-state index in [2.05, 4.69) is 31.2 Å². The maximum absolute atomic E-state index is 10.9. The molecular weight excluding hydrogens is 272 g/mol. The van der Waals surface area contributed by atoms with Gasteiger partial charge >= 0.3 is 0 Å². The first-order valence-corrected chi connectivity index (χ1v) is 8.03. The van der Waals surface area contributed by atoms with Crippen molar-refractivity contribution in [3.63, 3.8) is 0 Å². The molecule has 22 heavy (non-hydrogen) atoms. The molecule has 2 aromatic rings. The fraction of sp³-hybridized carbons (Fsp3) is 0.400. The molecule has 0 amide bonds. The average molecular weight is 296 g/mol. The van der Waals surface area contributed by atoms with Crippen LogP contribution in [0.15, 0.2) is 48.5 Å². The van der Waals surface area contributed by atoms with Crippen LogP contribution in [0.2, 0.25) is 0 Å². The Balaban J connectivity index is 1.82. The highest BCUT2D eigenvalue weighted by molar-refractivity contribution is 5.40. The summed E-state index contributed by atoms with van der Waals surface area (Å²) in [6, 6.07) is 16.1. The molecule has 2 heteroatoms. The van der Waals surface area contributed by atoms with E-state index in [9.17, 15) is 5.11 Å². The zero-order chi connectivity index (χ0) is 15.7. The van der Waals surface area contributed by atoms with Gasteiger partial charge in [-0.15, -0.1) is 0 Å². The molecule has 0 aliphatic heterocycles. The second kappa shape index (κ2) is 5.77. The van der Waals surface area contributed by atoms with Crippen LogP contribution in [0.3, 0.4) is 0 Å². The molecule has 116 valence electrons. The van der Waals surface area contributed by atoms with Gasteiger partial charge in [-0.25, -0.2) is 0 Å². The third-order valence-electron chi connectivity index (χ3n) is 5.00. The maximum atomic E-state index is 10.9. The van der Waals surface area contributed by atoms with Gasteiger partial charge in [0.25, 0.3) is 0 Å². The summed E-state index contributed by atoms with van der Waals surface area (Å²) in [5, 5.41) is 10.9. The van der Waals surface area contributed by atoms with Gasteiger partial charge in [-0.2, -0.15) is 0 Å². The van der Waals surface area contributed by atoms with E-state index in [1.165, 1.54) is 18.4 Å². The summed E-state index contributed by atoms with van der Waals surface area (Å²) in [4.78, 5) is 0. The molecule has 0 aromatic heterocycles. The van der Waals surface area contributed by atoms with Crippen molar-refractivity contribution < 1.29 is 9.84 Å². The predicted molar refractivity (Wildman–Crippen MR) is 89.2 cm³/mol. The minimum atomic E-state index is -0.988. The van der Waals surface area contributed by atoms with Gasteiger partial charge in [0, 0.05) is 0 Å². The molecule has 1 saturated carbocycles. The largest absolute Gasteiger partial charge is 0.497 e. The molecule has 1 fully saturated rings. The van der Waals surface area contributed by atoms with Gasteiger partial charge in [-0.05, 0) is 54.0 Å². The summed E-state index contributed by atoms with van der Waals surface area (Å²) in [5.74, 6) is 2.38. The molecule has 1 aliphatic carbocycles. The van der Waals surface area contributed by atoms with Crippen LogP contribution in [0, 0.1) is 5.92 Å². The molecule has 1 aliphatic rings. The van der Waals surface area contributed by atoms with Gasteiger partial charge in [0.2, 0.25) is 0 Å². The normalized spacial score (nSPS) is 22.9. The van der Waals surface area contributed by atoms with Crippen molar-refractivity contribution in [1.29, 1.82) is 0 Å². The minimum absolute atomic E-state index is 0.727. The van der Waals surface area contributed by atoms with Crippen molar-refractivity contribution >= 4 is 0 Å². The van der Waals surface area contributed by atoms with Crippen LogP contribution in [0.4, 0.5) is 0 Å². The van der Waals surface area contributed by atoms with E-state index in [0.717, 1.165) is 28.7 Å². The Kier molecular flexibility index (Phi) is 3.96. The van der Waals surface area contributed by atoms with E-state index in [4.69, 9.17) is 4.74 Å². The average Bonchev–Trinajstić information content (AvgIpc) is 3.35. The quantitative estimate of drug-likeness (QED) is 0.882. The summed E-state index contributed by atoms with van der Waals surface area (Å²) in [6.07, 6.45) is 2.57. The van der Waals surface area contributed by atoms with Crippen LogP contribution in [-0.2, 0) is 5.60 Å². The molecule has 1 N–H and O–H groups in total. The first-order chi connectivity index (χ1) is 10.6. The highest BCUT2D eigenvalue weighted by atomic mass is 16.5. The Morgan fingerprint density at radius 3 is 2.05 bits per heavy atom. The van der Waals surface area contributed by atoms with E-state index >= 15 is 0 Å². The SMILES string of the molecule is CCC1CC1c1ccc(C(C)(O)c2ccc(OC)cc2)cc1. The first kappa shape index (κ1) is 15.1. The Hall–Kier alpha value is -1.80. The smallest absolute Gasteiger partial charge is 0.118 e. The number of benzene rings is 2. The monoisotopic (exact) mass is 296 g/mol. The third-order valence-corrected chi connectivity index (χ3v) is 5.00. The molecule has 2 nitrogen and oxygen atoms in total. The molecule has 2 aromatic carbocycles. The summed E-state index contributed by atoms with van der Waals surface area (Å²) < 4.78 is 5.18. The fourth-order valence-electron chi connectivity index (χ4n) is 3.24. The molecule has 3 atom stereocenters. The van der Waals surface area contributed by atoms with Crippen LogP contribution in [0.1, 0.15) is 49.3 Å².